The van der Waals surface area contributed by atoms with Gasteiger partial charge in [-0.25, -0.2) is 0 Å². The van der Waals surface area contributed by atoms with Crippen molar-refractivity contribution >= 4 is 5.69 Å². The fourth-order valence-corrected chi connectivity index (χ4v) is 2.22. The lowest BCUT2D eigenvalue weighted by Crippen LogP contribution is -2.35. The van der Waals surface area contributed by atoms with E-state index in [1.807, 2.05) is 0 Å². The highest BCUT2D eigenvalue weighted by Gasteiger charge is 2.14. The van der Waals surface area contributed by atoms with Crippen LogP contribution in [0.4, 0.5) is 5.69 Å². The minimum Gasteiger partial charge on any atom is -0.370 e. The highest BCUT2D eigenvalue weighted by atomic mass is 15.1. The molecule has 84 valence electrons. The summed E-state index contributed by atoms with van der Waals surface area (Å²) in [7, 11) is 0. The van der Waals surface area contributed by atoms with Crippen molar-refractivity contribution in [3.63, 3.8) is 0 Å². The van der Waals surface area contributed by atoms with Crippen LogP contribution < -0.4 is 10.2 Å². The molecule has 0 saturated heterocycles. The van der Waals surface area contributed by atoms with Gasteiger partial charge in [0.25, 0.3) is 0 Å². The second-order valence-corrected chi connectivity index (χ2v) is 4.10. The topological polar surface area (TPSA) is 15.3 Å². The number of nitrogens with one attached hydrogen (secondary N) is 1. The monoisotopic (exact) mass is 214 g/mol. The first-order valence-electron chi connectivity index (χ1n) is 5.89. The van der Waals surface area contributed by atoms with E-state index < -0.39 is 0 Å². The Morgan fingerprint density at radius 2 is 2.25 bits per heavy atom. The van der Waals surface area contributed by atoms with E-state index in [9.17, 15) is 0 Å². The van der Waals surface area contributed by atoms with Crippen LogP contribution in [-0.2, 0) is 6.42 Å². The molecule has 0 saturated carbocycles. The number of hydrogen-bond acceptors (Lipinski definition) is 2. The zero-order valence-corrected chi connectivity index (χ0v) is 9.58. The quantitative estimate of drug-likeness (QED) is 0.606. The maximum atomic E-state index is 5.20. The highest BCUT2D eigenvalue weighted by Crippen LogP contribution is 2.25. The van der Waals surface area contributed by atoms with Gasteiger partial charge in [0.2, 0.25) is 0 Å². The van der Waals surface area contributed by atoms with E-state index in [-0.39, 0.29) is 0 Å². The van der Waals surface area contributed by atoms with E-state index >= 15 is 0 Å². The fourth-order valence-electron chi connectivity index (χ4n) is 2.22. The van der Waals surface area contributed by atoms with Crippen molar-refractivity contribution in [3.05, 3.63) is 29.8 Å². The van der Waals surface area contributed by atoms with Gasteiger partial charge < -0.3 is 10.2 Å². The second kappa shape index (κ2) is 5.58. The van der Waals surface area contributed by atoms with Gasteiger partial charge in [0.1, 0.15) is 0 Å². The largest absolute Gasteiger partial charge is 0.370 e. The summed E-state index contributed by atoms with van der Waals surface area (Å²) >= 11 is 0. The summed E-state index contributed by atoms with van der Waals surface area (Å²) in [6, 6.07) is 8.69. The fraction of sp³-hybridized carbons (Fsp3) is 0.429. The van der Waals surface area contributed by atoms with E-state index in [0.29, 0.717) is 6.54 Å². The molecular weight excluding hydrogens is 196 g/mol. The zero-order valence-electron chi connectivity index (χ0n) is 9.58. The van der Waals surface area contributed by atoms with E-state index in [4.69, 9.17) is 6.42 Å². The van der Waals surface area contributed by atoms with Gasteiger partial charge in [-0.3, -0.25) is 0 Å². The van der Waals surface area contributed by atoms with Crippen LogP contribution in [0.2, 0.25) is 0 Å². The Balaban J connectivity index is 1.94. The number of hydrogen-bond donors (Lipinski definition) is 1. The van der Waals surface area contributed by atoms with Crippen LogP contribution in [0.3, 0.4) is 0 Å². The predicted molar refractivity (Wildman–Crippen MR) is 68.7 cm³/mol. The predicted octanol–water partition coefficient (Wildman–Crippen LogP) is 1.66. The molecule has 16 heavy (non-hydrogen) atoms. The molecule has 2 nitrogen and oxygen atoms in total. The molecule has 0 aliphatic carbocycles. The molecule has 0 aromatic heterocycles. The Labute approximate surface area is 97.7 Å². The Bertz CT molecular complexity index is 379. The van der Waals surface area contributed by atoms with Gasteiger partial charge in [0.05, 0.1) is 6.54 Å². The second-order valence-electron chi connectivity index (χ2n) is 4.10. The lowest BCUT2D eigenvalue weighted by atomic mass is 10.0. The average Bonchev–Trinajstić information content (AvgIpc) is 2.35. The van der Waals surface area contributed by atoms with Crippen molar-refractivity contribution in [2.24, 2.45) is 0 Å². The van der Waals surface area contributed by atoms with Crippen LogP contribution >= 0.6 is 0 Å². The number of terminal acetylenes is 1. The van der Waals surface area contributed by atoms with Crippen LogP contribution in [0.5, 0.6) is 0 Å². The molecule has 1 heterocycles. The van der Waals surface area contributed by atoms with Gasteiger partial charge >= 0.3 is 0 Å². The average molecular weight is 214 g/mol. The standard InChI is InChI=1S/C14H18N2/c1-2-9-15-10-12-16-11-5-7-13-6-3-4-8-14(13)16/h1,3-4,6,8,15H,5,7,9-12H2. The molecule has 0 bridgehead atoms. The van der Waals surface area contributed by atoms with Gasteiger partial charge in [-0.2, -0.15) is 0 Å². The number of nitrogens with zero attached hydrogens (tertiary/aromatic N) is 1. The number of rotatable bonds is 4. The SMILES string of the molecule is C#CCNCCN1CCCc2ccccc21. The van der Waals surface area contributed by atoms with Crippen LogP contribution in [0.1, 0.15) is 12.0 Å². The van der Waals surface area contributed by atoms with Crippen LogP contribution in [0.25, 0.3) is 0 Å². The molecule has 2 heteroatoms. The van der Waals surface area contributed by atoms with Gasteiger partial charge in [-0.15, -0.1) is 6.42 Å². The summed E-state index contributed by atoms with van der Waals surface area (Å²) in [4.78, 5) is 2.45. The van der Waals surface area contributed by atoms with Gasteiger partial charge in [-0.05, 0) is 24.5 Å². The Morgan fingerprint density at radius 3 is 3.12 bits per heavy atom. The summed E-state index contributed by atoms with van der Waals surface area (Å²) in [5, 5.41) is 3.24. The maximum Gasteiger partial charge on any atom is 0.0574 e. The lowest BCUT2D eigenvalue weighted by molar-refractivity contribution is 0.655. The molecule has 0 spiro atoms. The van der Waals surface area contributed by atoms with E-state index in [0.717, 1.165) is 19.6 Å². The van der Waals surface area contributed by atoms with Crippen molar-refractivity contribution in [2.45, 2.75) is 12.8 Å². The third-order valence-electron chi connectivity index (χ3n) is 2.99. The number of anilines is 1. The molecule has 1 aromatic carbocycles. The number of aryl methyl sites for hydroxylation is 1. The first-order chi connectivity index (χ1) is 7.92. The van der Waals surface area contributed by atoms with Crippen molar-refractivity contribution in [1.29, 1.82) is 0 Å². The summed E-state index contributed by atoms with van der Waals surface area (Å²) in [6.45, 7) is 3.82. The minimum atomic E-state index is 0.662. The Kier molecular flexibility index (Phi) is 3.85. The number of para-hydroxylation sites is 1. The Morgan fingerprint density at radius 1 is 1.38 bits per heavy atom. The van der Waals surface area contributed by atoms with Crippen LogP contribution in [0.15, 0.2) is 24.3 Å². The molecule has 2 rings (SSSR count). The number of fused-ring (bicyclic) bond motifs is 1. The third kappa shape index (κ3) is 2.56. The van der Waals surface area contributed by atoms with E-state index in [1.165, 1.54) is 24.1 Å². The minimum absolute atomic E-state index is 0.662. The molecule has 0 unspecified atom stereocenters. The maximum absolute atomic E-state index is 5.20. The first-order valence-corrected chi connectivity index (χ1v) is 5.89. The van der Waals surface area contributed by atoms with Gasteiger partial charge in [0, 0.05) is 25.3 Å². The van der Waals surface area contributed by atoms with Gasteiger partial charge in [0.15, 0.2) is 0 Å². The van der Waals surface area contributed by atoms with Crippen molar-refractivity contribution in [2.75, 3.05) is 31.1 Å². The third-order valence-corrected chi connectivity index (χ3v) is 2.99. The van der Waals surface area contributed by atoms with Crippen LogP contribution in [0, 0.1) is 12.3 Å². The summed E-state index contributed by atoms with van der Waals surface area (Å²) in [5.41, 5.74) is 2.88. The molecule has 1 aromatic rings. The smallest absolute Gasteiger partial charge is 0.0574 e. The summed E-state index contributed by atoms with van der Waals surface area (Å²) < 4.78 is 0. The van der Waals surface area contributed by atoms with E-state index in [2.05, 4.69) is 40.4 Å². The first kappa shape index (κ1) is 11.0. The normalized spacial score (nSPS) is 14.3. The van der Waals surface area contributed by atoms with Crippen molar-refractivity contribution in [1.82, 2.24) is 5.32 Å². The van der Waals surface area contributed by atoms with E-state index in [1.54, 1.807) is 0 Å². The lowest BCUT2D eigenvalue weighted by Gasteiger charge is -2.31. The molecule has 1 N–H and O–H groups in total. The summed E-state index contributed by atoms with van der Waals surface area (Å²) in [6.07, 6.45) is 7.67. The van der Waals surface area contributed by atoms with Crippen molar-refractivity contribution in [3.8, 4) is 12.3 Å². The van der Waals surface area contributed by atoms with Crippen LogP contribution in [-0.4, -0.2) is 26.2 Å². The Hall–Kier alpha value is -1.46. The highest BCUT2D eigenvalue weighted by molar-refractivity contribution is 5.55. The number of benzene rings is 1. The van der Waals surface area contributed by atoms with Crippen molar-refractivity contribution < 1.29 is 0 Å². The molecule has 1 aliphatic heterocycles. The zero-order chi connectivity index (χ0) is 11.2. The summed E-state index contributed by atoms with van der Waals surface area (Å²) in [5.74, 6) is 2.59. The molecule has 0 amide bonds. The molecule has 0 fully saturated rings. The molecule has 1 aliphatic rings. The molecule has 0 atom stereocenters. The van der Waals surface area contributed by atoms with Gasteiger partial charge in [-0.1, -0.05) is 24.1 Å². The molecule has 0 radical (unpaired) electrons. The molecular formula is C14H18N2.